The minimum Gasteiger partial charge on any atom is -0.481 e. The molecule has 2 rings (SSSR count). The number of aromatic nitrogens is 2. The van der Waals surface area contributed by atoms with Crippen LogP contribution in [0.2, 0.25) is 0 Å². The van der Waals surface area contributed by atoms with E-state index in [4.69, 9.17) is 9.47 Å². The fourth-order valence-corrected chi connectivity index (χ4v) is 2.02. The molecule has 2 heterocycles. The van der Waals surface area contributed by atoms with Gasteiger partial charge < -0.3 is 14.6 Å². The van der Waals surface area contributed by atoms with E-state index in [9.17, 15) is 5.11 Å². The van der Waals surface area contributed by atoms with Gasteiger partial charge >= 0.3 is 0 Å². The number of rotatable bonds is 4. The molecule has 5 heteroatoms. The number of nitrogens with zero attached hydrogens (tertiary/aromatic N) is 2. The van der Waals surface area contributed by atoms with Crippen molar-refractivity contribution < 1.29 is 14.6 Å². The molecule has 0 spiro atoms. The summed E-state index contributed by atoms with van der Waals surface area (Å²) in [6.45, 7) is 0.745. The first-order valence-electron chi connectivity index (χ1n) is 5.94. The summed E-state index contributed by atoms with van der Waals surface area (Å²) < 4.78 is 10.6. The van der Waals surface area contributed by atoms with Crippen molar-refractivity contribution in [1.29, 1.82) is 0 Å². The fraction of sp³-hybridized carbons (Fsp3) is 0.667. The predicted octanol–water partition coefficient (Wildman–Crippen LogP) is 0.958. The molecular formula is C12H18N2O3. The average molecular weight is 238 g/mol. The summed E-state index contributed by atoms with van der Waals surface area (Å²) in [5.41, 5.74) is 0.776. The summed E-state index contributed by atoms with van der Waals surface area (Å²) in [5.74, 6) is 0.520. The zero-order valence-electron chi connectivity index (χ0n) is 10.0. The lowest BCUT2D eigenvalue weighted by Gasteiger charge is -2.26. The minimum atomic E-state index is -0.505. The first-order chi connectivity index (χ1) is 8.29. The van der Waals surface area contributed by atoms with E-state index in [0.29, 0.717) is 12.3 Å². The molecular weight excluding hydrogens is 220 g/mol. The second-order valence-corrected chi connectivity index (χ2v) is 4.23. The van der Waals surface area contributed by atoms with E-state index < -0.39 is 6.10 Å². The van der Waals surface area contributed by atoms with Crippen LogP contribution >= 0.6 is 0 Å². The largest absolute Gasteiger partial charge is 0.481 e. The molecule has 1 aromatic rings. The third-order valence-electron chi connectivity index (χ3n) is 2.97. The zero-order valence-corrected chi connectivity index (χ0v) is 10.0. The first-order valence-corrected chi connectivity index (χ1v) is 5.94. The van der Waals surface area contributed by atoms with Gasteiger partial charge in [0.05, 0.1) is 25.0 Å². The molecule has 2 unspecified atom stereocenters. The van der Waals surface area contributed by atoms with E-state index >= 15 is 0 Å². The topological polar surface area (TPSA) is 64.5 Å². The SMILES string of the molecule is COc1cc(CC(O)C2CCCCO2)ncn1. The second-order valence-electron chi connectivity index (χ2n) is 4.23. The summed E-state index contributed by atoms with van der Waals surface area (Å²) in [7, 11) is 1.56. The summed E-state index contributed by atoms with van der Waals surface area (Å²) in [6.07, 6.45) is 4.48. The highest BCUT2D eigenvalue weighted by atomic mass is 16.5. The van der Waals surface area contributed by atoms with E-state index in [2.05, 4.69) is 9.97 Å². The number of ether oxygens (including phenoxy) is 2. The normalized spacial score (nSPS) is 22.1. The highest BCUT2D eigenvalue weighted by molar-refractivity contribution is 5.14. The summed E-state index contributed by atoms with van der Waals surface area (Å²) >= 11 is 0. The Hall–Kier alpha value is -1.20. The Morgan fingerprint density at radius 3 is 3.12 bits per heavy atom. The van der Waals surface area contributed by atoms with Crippen LogP contribution in [0.1, 0.15) is 25.0 Å². The number of hydrogen-bond donors (Lipinski definition) is 1. The Kier molecular flexibility index (Phi) is 4.28. The van der Waals surface area contributed by atoms with Crippen molar-refractivity contribution in [2.24, 2.45) is 0 Å². The standard InChI is InChI=1S/C12H18N2O3/c1-16-12-7-9(13-8-14-12)6-10(15)11-4-2-3-5-17-11/h7-8,10-11,15H,2-6H2,1H3. The molecule has 17 heavy (non-hydrogen) atoms. The van der Waals surface area contributed by atoms with E-state index in [1.165, 1.54) is 6.33 Å². The molecule has 0 bridgehead atoms. The van der Waals surface area contributed by atoms with Crippen LogP contribution in [0.5, 0.6) is 5.88 Å². The maximum absolute atomic E-state index is 10.1. The molecule has 0 radical (unpaired) electrons. The molecule has 2 atom stereocenters. The number of aliphatic hydroxyl groups excluding tert-OH is 1. The van der Waals surface area contributed by atoms with E-state index in [1.807, 2.05) is 0 Å². The zero-order chi connectivity index (χ0) is 12.1. The maximum Gasteiger partial charge on any atom is 0.216 e. The molecule has 1 aromatic heterocycles. The minimum absolute atomic E-state index is 0.0651. The van der Waals surface area contributed by atoms with Crippen molar-refractivity contribution in [2.75, 3.05) is 13.7 Å². The van der Waals surface area contributed by atoms with Crippen molar-refractivity contribution in [3.63, 3.8) is 0 Å². The first kappa shape index (κ1) is 12.3. The van der Waals surface area contributed by atoms with Crippen molar-refractivity contribution in [2.45, 2.75) is 37.9 Å². The fourth-order valence-electron chi connectivity index (χ4n) is 2.02. The molecule has 94 valence electrons. The van der Waals surface area contributed by atoms with Gasteiger partial charge in [0.25, 0.3) is 0 Å². The van der Waals surface area contributed by atoms with Crippen molar-refractivity contribution in [3.05, 3.63) is 18.1 Å². The van der Waals surface area contributed by atoms with Crippen LogP contribution in [0.4, 0.5) is 0 Å². The molecule has 1 saturated heterocycles. The van der Waals surface area contributed by atoms with Crippen LogP contribution in [-0.4, -0.2) is 41.0 Å². The average Bonchev–Trinajstić information content (AvgIpc) is 2.40. The van der Waals surface area contributed by atoms with Gasteiger partial charge in [-0.15, -0.1) is 0 Å². The molecule has 1 aliphatic heterocycles. The molecule has 0 amide bonds. The molecule has 5 nitrogen and oxygen atoms in total. The van der Waals surface area contributed by atoms with Crippen LogP contribution in [0, 0.1) is 0 Å². The van der Waals surface area contributed by atoms with Gasteiger partial charge in [-0.1, -0.05) is 0 Å². The molecule has 1 fully saturated rings. The molecule has 1 aliphatic rings. The molecule has 0 saturated carbocycles. The van der Waals surface area contributed by atoms with Crippen LogP contribution < -0.4 is 4.74 Å². The highest BCUT2D eigenvalue weighted by Gasteiger charge is 2.23. The van der Waals surface area contributed by atoms with Gasteiger partial charge in [0.2, 0.25) is 5.88 Å². The summed E-state index contributed by atoms with van der Waals surface area (Å²) in [6, 6.07) is 1.74. The van der Waals surface area contributed by atoms with Crippen molar-refractivity contribution in [1.82, 2.24) is 9.97 Å². The smallest absolute Gasteiger partial charge is 0.216 e. The molecule has 1 N–H and O–H groups in total. The Morgan fingerprint density at radius 1 is 1.53 bits per heavy atom. The number of methoxy groups -OCH3 is 1. The van der Waals surface area contributed by atoms with Gasteiger partial charge in [0.1, 0.15) is 6.33 Å². The lowest BCUT2D eigenvalue weighted by Crippen LogP contribution is -2.33. The third kappa shape index (κ3) is 3.38. The second kappa shape index (κ2) is 5.93. The predicted molar refractivity (Wildman–Crippen MR) is 61.9 cm³/mol. The van der Waals surface area contributed by atoms with Gasteiger partial charge in [-0.25, -0.2) is 9.97 Å². The van der Waals surface area contributed by atoms with Crippen molar-refractivity contribution >= 4 is 0 Å². The number of aliphatic hydroxyl groups is 1. The Morgan fingerprint density at radius 2 is 2.41 bits per heavy atom. The summed E-state index contributed by atoms with van der Waals surface area (Å²) in [4.78, 5) is 8.05. The van der Waals surface area contributed by atoms with Crippen molar-refractivity contribution in [3.8, 4) is 5.88 Å². The molecule has 0 aromatic carbocycles. The number of hydrogen-bond acceptors (Lipinski definition) is 5. The van der Waals surface area contributed by atoms with E-state index in [1.54, 1.807) is 13.2 Å². The van der Waals surface area contributed by atoms with Gasteiger partial charge in [0.15, 0.2) is 0 Å². The Balaban J connectivity index is 1.94. The third-order valence-corrected chi connectivity index (χ3v) is 2.97. The summed E-state index contributed by atoms with van der Waals surface area (Å²) in [5, 5.41) is 10.1. The quantitative estimate of drug-likeness (QED) is 0.846. The highest BCUT2D eigenvalue weighted by Crippen LogP contribution is 2.18. The van der Waals surface area contributed by atoms with Crippen LogP contribution in [0.25, 0.3) is 0 Å². The Labute approximate surface area is 101 Å². The van der Waals surface area contributed by atoms with E-state index in [-0.39, 0.29) is 6.10 Å². The lowest BCUT2D eigenvalue weighted by molar-refractivity contribution is -0.0614. The van der Waals surface area contributed by atoms with Crippen LogP contribution in [-0.2, 0) is 11.2 Å². The van der Waals surface area contributed by atoms with Gasteiger partial charge in [-0.05, 0) is 19.3 Å². The maximum atomic E-state index is 10.1. The van der Waals surface area contributed by atoms with Gasteiger partial charge in [-0.3, -0.25) is 0 Å². The van der Waals surface area contributed by atoms with Crippen LogP contribution in [0.3, 0.4) is 0 Å². The lowest BCUT2D eigenvalue weighted by atomic mass is 10.0. The van der Waals surface area contributed by atoms with Gasteiger partial charge in [0, 0.05) is 19.1 Å². The van der Waals surface area contributed by atoms with Crippen LogP contribution in [0.15, 0.2) is 12.4 Å². The van der Waals surface area contributed by atoms with Gasteiger partial charge in [-0.2, -0.15) is 0 Å². The van der Waals surface area contributed by atoms with E-state index in [0.717, 1.165) is 31.6 Å². The molecule has 0 aliphatic carbocycles. The Bertz CT molecular complexity index is 353. The monoisotopic (exact) mass is 238 g/mol.